The highest BCUT2D eigenvalue weighted by Crippen LogP contribution is 2.31. The van der Waals surface area contributed by atoms with E-state index >= 15 is 0 Å². The van der Waals surface area contributed by atoms with Gasteiger partial charge in [-0.3, -0.25) is 9.78 Å². The topological polar surface area (TPSA) is 110 Å². The summed E-state index contributed by atoms with van der Waals surface area (Å²) in [6, 6.07) is 5.11. The number of anilines is 1. The number of fused-ring (bicyclic) bond motifs is 1. The van der Waals surface area contributed by atoms with Crippen LogP contribution in [0.3, 0.4) is 0 Å². The van der Waals surface area contributed by atoms with Crippen molar-refractivity contribution in [1.29, 1.82) is 0 Å². The second-order valence-electron chi connectivity index (χ2n) is 4.08. The minimum atomic E-state index is -0.382. The lowest BCUT2D eigenvalue weighted by atomic mass is 10.2. The summed E-state index contributed by atoms with van der Waals surface area (Å²) in [5, 5.41) is 0.530. The van der Waals surface area contributed by atoms with E-state index in [0.29, 0.717) is 22.2 Å². The first kappa shape index (κ1) is 12.5. The van der Waals surface area contributed by atoms with Gasteiger partial charge in [-0.2, -0.15) is 4.98 Å². The maximum absolute atomic E-state index is 11.8. The van der Waals surface area contributed by atoms with Gasteiger partial charge in [0.1, 0.15) is 11.6 Å². The second-order valence-corrected chi connectivity index (χ2v) is 4.52. The molecule has 3 aromatic rings. The summed E-state index contributed by atoms with van der Waals surface area (Å²) in [6.45, 7) is 0. The second kappa shape index (κ2) is 4.53. The lowest BCUT2D eigenvalue weighted by Crippen LogP contribution is -2.10. The highest BCUT2D eigenvalue weighted by Gasteiger charge is 2.14. The SMILES string of the molecule is COc1ccc(Cl)cc1-c1nc2nc(N)[nH]c(=O)c2[nH]1. The van der Waals surface area contributed by atoms with Crippen LogP contribution in [0.2, 0.25) is 5.02 Å². The molecule has 1 aromatic carbocycles. The van der Waals surface area contributed by atoms with Gasteiger partial charge in [-0.05, 0) is 18.2 Å². The summed E-state index contributed by atoms with van der Waals surface area (Å²) in [6.07, 6.45) is 0. The molecule has 0 bridgehead atoms. The molecule has 0 unspecified atom stereocenters. The smallest absolute Gasteiger partial charge is 0.278 e. The number of methoxy groups -OCH3 is 1. The number of hydrogen-bond donors (Lipinski definition) is 3. The molecule has 102 valence electrons. The summed E-state index contributed by atoms with van der Waals surface area (Å²) < 4.78 is 5.26. The number of ether oxygens (including phenoxy) is 1. The average Bonchev–Trinajstić information content (AvgIpc) is 2.82. The highest BCUT2D eigenvalue weighted by atomic mass is 35.5. The third-order valence-corrected chi connectivity index (χ3v) is 3.03. The van der Waals surface area contributed by atoms with E-state index in [9.17, 15) is 4.79 Å². The molecule has 0 saturated heterocycles. The number of halogens is 1. The van der Waals surface area contributed by atoms with Crippen molar-refractivity contribution in [2.24, 2.45) is 0 Å². The van der Waals surface area contributed by atoms with E-state index in [1.165, 1.54) is 0 Å². The fourth-order valence-corrected chi connectivity index (χ4v) is 2.09. The van der Waals surface area contributed by atoms with Crippen molar-refractivity contribution in [3.8, 4) is 17.1 Å². The van der Waals surface area contributed by atoms with Gasteiger partial charge in [0.25, 0.3) is 5.56 Å². The van der Waals surface area contributed by atoms with Crippen LogP contribution in [0.25, 0.3) is 22.6 Å². The minimum absolute atomic E-state index is 0.0126. The van der Waals surface area contributed by atoms with Gasteiger partial charge in [0.05, 0.1) is 12.7 Å². The third-order valence-electron chi connectivity index (χ3n) is 2.80. The van der Waals surface area contributed by atoms with E-state index in [1.807, 2.05) is 0 Å². The number of hydrogen-bond acceptors (Lipinski definition) is 5. The average molecular weight is 292 g/mol. The number of nitrogens with zero attached hydrogens (tertiary/aromatic N) is 2. The van der Waals surface area contributed by atoms with E-state index in [-0.39, 0.29) is 22.7 Å². The normalized spacial score (nSPS) is 10.9. The molecule has 0 radical (unpaired) electrons. The predicted molar refractivity (Wildman–Crippen MR) is 75.9 cm³/mol. The molecule has 0 atom stereocenters. The molecule has 0 amide bonds. The standard InChI is InChI=1S/C12H10ClN5O2/c1-20-7-3-2-5(13)4-6(7)9-15-8-10(16-9)17-12(14)18-11(8)19/h2-4H,1H3,(H4,14,15,16,17,18,19). The van der Waals surface area contributed by atoms with Crippen LogP contribution in [0.15, 0.2) is 23.0 Å². The molecule has 0 aliphatic rings. The van der Waals surface area contributed by atoms with E-state index in [1.54, 1.807) is 25.3 Å². The van der Waals surface area contributed by atoms with Gasteiger partial charge in [0.15, 0.2) is 11.2 Å². The predicted octanol–water partition coefficient (Wildman–Crippen LogP) is 1.56. The first-order valence-electron chi connectivity index (χ1n) is 5.68. The number of aromatic nitrogens is 4. The van der Waals surface area contributed by atoms with Crippen LogP contribution in [0.5, 0.6) is 5.75 Å². The maximum Gasteiger partial charge on any atom is 0.278 e. The van der Waals surface area contributed by atoms with E-state index < -0.39 is 0 Å². The van der Waals surface area contributed by atoms with Crippen molar-refractivity contribution in [3.63, 3.8) is 0 Å². The zero-order valence-electron chi connectivity index (χ0n) is 10.4. The van der Waals surface area contributed by atoms with Crippen LogP contribution in [0.4, 0.5) is 5.95 Å². The molecule has 0 saturated carbocycles. The summed E-state index contributed by atoms with van der Waals surface area (Å²) in [7, 11) is 1.54. The Balaban J connectivity index is 2.28. The monoisotopic (exact) mass is 291 g/mol. The zero-order valence-corrected chi connectivity index (χ0v) is 11.2. The van der Waals surface area contributed by atoms with Gasteiger partial charge in [-0.25, -0.2) is 4.98 Å². The molecular weight excluding hydrogens is 282 g/mol. The Morgan fingerprint density at radius 2 is 2.10 bits per heavy atom. The molecule has 7 nitrogen and oxygen atoms in total. The maximum atomic E-state index is 11.8. The lowest BCUT2D eigenvalue weighted by molar-refractivity contribution is 0.416. The van der Waals surface area contributed by atoms with Crippen molar-refractivity contribution in [3.05, 3.63) is 33.6 Å². The van der Waals surface area contributed by atoms with Gasteiger partial charge in [0.2, 0.25) is 5.95 Å². The largest absolute Gasteiger partial charge is 0.496 e. The van der Waals surface area contributed by atoms with Crippen LogP contribution in [-0.2, 0) is 0 Å². The number of H-pyrrole nitrogens is 2. The Bertz CT molecular complexity index is 855. The van der Waals surface area contributed by atoms with Crippen LogP contribution < -0.4 is 16.0 Å². The lowest BCUT2D eigenvalue weighted by Gasteiger charge is -2.05. The minimum Gasteiger partial charge on any atom is -0.496 e. The molecule has 0 fully saturated rings. The van der Waals surface area contributed by atoms with Gasteiger partial charge >= 0.3 is 0 Å². The summed E-state index contributed by atoms with van der Waals surface area (Å²) in [5.74, 6) is 1.03. The Kier molecular flexibility index (Phi) is 2.83. The van der Waals surface area contributed by atoms with Crippen LogP contribution in [0.1, 0.15) is 0 Å². The molecule has 4 N–H and O–H groups in total. The van der Waals surface area contributed by atoms with Gasteiger partial charge in [-0.1, -0.05) is 11.6 Å². The Hall–Kier alpha value is -2.54. The zero-order chi connectivity index (χ0) is 14.3. The number of benzene rings is 1. The molecule has 0 aliphatic carbocycles. The summed E-state index contributed by atoms with van der Waals surface area (Å²) in [4.78, 5) is 25.3. The molecule has 2 heterocycles. The molecule has 8 heteroatoms. The van der Waals surface area contributed by atoms with Gasteiger partial charge in [0, 0.05) is 5.02 Å². The number of nitrogen functional groups attached to an aromatic ring is 1. The van der Waals surface area contributed by atoms with Gasteiger partial charge in [-0.15, -0.1) is 0 Å². The first-order valence-corrected chi connectivity index (χ1v) is 6.05. The Labute approximate surface area is 117 Å². The van der Waals surface area contributed by atoms with E-state index in [2.05, 4.69) is 19.9 Å². The quantitative estimate of drug-likeness (QED) is 0.663. The summed E-state index contributed by atoms with van der Waals surface area (Å²) >= 11 is 5.98. The fraction of sp³-hybridized carbons (Fsp3) is 0.0833. The molecule has 3 rings (SSSR count). The highest BCUT2D eigenvalue weighted by molar-refractivity contribution is 6.30. The number of imidazole rings is 1. The number of nitrogens with two attached hydrogens (primary N) is 1. The van der Waals surface area contributed by atoms with Crippen LogP contribution in [-0.4, -0.2) is 27.0 Å². The van der Waals surface area contributed by atoms with Crippen molar-refractivity contribution in [2.75, 3.05) is 12.8 Å². The van der Waals surface area contributed by atoms with Crippen molar-refractivity contribution in [1.82, 2.24) is 19.9 Å². The molecule has 2 aromatic heterocycles. The molecule has 0 spiro atoms. The molecular formula is C12H10ClN5O2. The number of aromatic amines is 2. The molecule has 20 heavy (non-hydrogen) atoms. The van der Waals surface area contributed by atoms with Crippen LogP contribution >= 0.6 is 11.6 Å². The van der Waals surface area contributed by atoms with Gasteiger partial charge < -0.3 is 15.5 Å². The van der Waals surface area contributed by atoms with E-state index in [4.69, 9.17) is 22.1 Å². The fourth-order valence-electron chi connectivity index (χ4n) is 1.92. The van der Waals surface area contributed by atoms with E-state index in [0.717, 1.165) is 0 Å². The molecule has 0 aliphatic heterocycles. The third kappa shape index (κ3) is 1.97. The number of nitrogens with one attached hydrogen (secondary N) is 2. The van der Waals surface area contributed by atoms with Crippen LogP contribution in [0, 0.1) is 0 Å². The summed E-state index contributed by atoms with van der Waals surface area (Å²) in [5.41, 5.74) is 6.23. The Morgan fingerprint density at radius 3 is 2.85 bits per heavy atom. The van der Waals surface area contributed by atoms with Crippen molar-refractivity contribution in [2.45, 2.75) is 0 Å². The Morgan fingerprint density at radius 1 is 1.30 bits per heavy atom. The van der Waals surface area contributed by atoms with Crippen molar-refractivity contribution >= 4 is 28.7 Å². The van der Waals surface area contributed by atoms with Crippen molar-refractivity contribution < 1.29 is 4.74 Å². The first-order chi connectivity index (χ1) is 9.58. The number of rotatable bonds is 2.